The number of nitrogens with zero attached hydrogens (tertiary/aromatic N) is 1. The van der Waals surface area contributed by atoms with E-state index in [0.717, 1.165) is 19.3 Å². The molecule has 2 aromatic heterocycles. The molecular formula is C21H26N2O5. The molecule has 1 saturated carbocycles. The van der Waals surface area contributed by atoms with Gasteiger partial charge in [-0.05, 0) is 51.3 Å². The second kappa shape index (κ2) is 8.04. The zero-order chi connectivity index (χ0) is 20.4. The average Bonchev–Trinajstić information content (AvgIpc) is 3.24. The summed E-state index contributed by atoms with van der Waals surface area (Å²) < 4.78 is 10.2. The second-order valence-electron chi connectivity index (χ2n) is 7.33. The molecule has 0 unspecified atom stereocenters. The Bertz CT molecular complexity index is 877. The number of carbonyl (C=O) groups excluding carboxylic acids is 3. The molecule has 0 spiro atoms. The summed E-state index contributed by atoms with van der Waals surface area (Å²) in [6.07, 6.45) is 4.29. The summed E-state index contributed by atoms with van der Waals surface area (Å²) in [5.74, 6) is -0.164. The SMILES string of the molecule is COC(=O)c1[nH]c(C)c(C(=O)[C@@H](C)N(Cc2ccco2)C(=O)C2CCC2)c1C. The molecule has 150 valence electrons. The van der Waals surface area contributed by atoms with Gasteiger partial charge in [0.05, 0.1) is 26.0 Å². The number of aromatic nitrogens is 1. The van der Waals surface area contributed by atoms with Gasteiger partial charge in [0.2, 0.25) is 5.91 Å². The number of ketones is 1. The Balaban J connectivity index is 1.90. The van der Waals surface area contributed by atoms with Crippen molar-refractivity contribution in [1.29, 1.82) is 0 Å². The van der Waals surface area contributed by atoms with Crippen LogP contribution in [0.4, 0.5) is 0 Å². The van der Waals surface area contributed by atoms with E-state index < -0.39 is 12.0 Å². The van der Waals surface area contributed by atoms with Crippen molar-refractivity contribution in [3.63, 3.8) is 0 Å². The standard InChI is InChI=1S/C21H26N2O5/c1-12-17(13(2)22-18(12)21(26)27-4)19(24)14(3)23(11-16-9-6-10-28-16)20(25)15-7-5-8-15/h6,9-10,14-15,22H,5,7-8,11H2,1-4H3/t14-/m1/s1. The van der Waals surface area contributed by atoms with Crippen LogP contribution in [0, 0.1) is 19.8 Å². The van der Waals surface area contributed by atoms with Gasteiger partial charge in [-0.3, -0.25) is 9.59 Å². The number of Topliss-reactive ketones (excluding diaryl/α,β-unsaturated/α-hetero) is 1. The summed E-state index contributed by atoms with van der Waals surface area (Å²) in [5, 5.41) is 0. The number of hydrogen-bond acceptors (Lipinski definition) is 5. The monoisotopic (exact) mass is 386 g/mol. The molecule has 0 bridgehead atoms. The van der Waals surface area contributed by atoms with E-state index in [9.17, 15) is 14.4 Å². The molecule has 2 heterocycles. The summed E-state index contributed by atoms with van der Waals surface area (Å²) in [6.45, 7) is 5.41. The molecule has 2 aromatic rings. The van der Waals surface area contributed by atoms with E-state index in [1.165, 1.54) is 7.11 Å². The summed E-state index contributed by atoms with van der Waals surface area (Å²) in [5.41, 5.74) is 1.82. The molecule has 1 N–H and O–H groups in total. The molecule has 1 amide bonds. The predicted molar refractivity (Wildman–Crippen MR) is 102 cm³/mol. The van der Waals surface area contributed by atoms with Gasteiger partial charge >= 0.3 is 5.97 Å². The lowest BCUT2D eigenvalue weighted by Gasteiger charge is -2.34. The summed E-state index contributed by atoms with van der Waals surface area (Å²) in [6, 6.07) is 2.87. The lowest BCUT2D eigenvalue weighted by atomic mass is 9.83. The Hall–Kier alpha value is -2.83. The van der Waals surface area contributed by atoms with Gasteiger partial charge < -0.3 is 19.0 Å². The number of carbonyl (C=O) groups is 3. The summed E-state index contributed by atoms with van der Waals surface area (Å²) in [4.78, 5) is 42.8. The summed E-state index contributed by atoms with van der Waals surface area (Å²) >= 11 is 0. The molecule has 0 radical (unpaired) electrons. The highest BCUT2D eigenvalue weighted by Crippen LogP contribution is 2.31. The fraction of sp³-hybridized carbons (Fsp3) is 0.476. The number of esters is 1. The quantitative estimate of drug-likeness (QED) is 0.581. The molecule has 1 aliphatic rings. The van der Waals surface area contributed by atoms with Crippen molar-refractivity contribution >= 4 is 17.7 Å². The third-order valence-corrected chi connectivity index (χ3v) is 5.56. The number of rotatable bonds is 7. The van der Waals surface area contributed by atoms with Crippen molar-refractivity contribution in [3.05, 3.63) is 46.7 Å². The van der Waals surface area contributed by atoms with Crippen molar-refractivity contribution in [2.75, 3.05) is 7.11 Å². The van der Waals surface area contributed by atoms with Gasteiger partial charge in [-0.25, -0.2) is 4.79 Å². The van der Waals surface area contributed by atoms with Gasteiger partial charge in [0.15, 0.2) is 5.78 Å². The third-order valence-electron chi connectivity index (χ3n) is 5.56. The Morgan fingerprint density at radius 3 is 2.57 bits per heavy atom. The maximum Gasteiger partial charge on any atom is 0.354 e. The van der Waals surface area contributed by atoms with E-state index in [0.29, 0.717) is 22.6 Å². The summed E-state index contributed by atoms with van der Waals surface area (Å²) in [7, 11) is 1.30. The van der Waals surface area contributed by atoms with E-state index in [2.05, 4.69) is 4.98 Å². The van der Waals surface area contributed by atoms with E-state index in [1.807, 2.05) is 0 Å². The van der Waals surface area contributed by atoms with Gasteiger partial charge in [0.1, 0.15) is 11.5 Å². The molecule has 7 nitrogen and oxygen atoms in total. The Morgan fingerprint density at radius 1 is 1.32 bits per heavy atom. The fourth-order valence-electron chi connectivity index (χ4n) is 3.64. The van der Waals surface area contributed by atoms with E-state index in [1.54, 1.807) is 44.1 Å². The molecule has 0 saturated heterocycles. The maximum absolute atomic E-state index is 13.3. The zero-order valence-electron chi connectivity index (χ0n) is 16.7. The molecular weight excluding hydrogens is 360 g/mol. The van der Waals surface area contributed by atoms with Crippen LogP contribution in [0.3, 0.4) is 0 Å². The van der Waals surface area contributed by atoms with Crippen LogP contribution in [0.2, 0.25) is 0 Å². The van der Waals surface area contributed by atoms with Gasteiger partial charge in [0, 0.05) is 17.2 Å². The minimum Gasteiger partial charge on any atom is -0.467 e. The van der Waals surface area contributed by atoms with Crippen molar-refractivity contribution in [1.82, 2.24) is 9.88 Å². The number of furan rings is 1. The first-order valence-electron chi connectivity index (χ1n) is 9.49. The van der Waals surface area contributed by atoms with Gasteiger partial charge in [-0.1, -0.05) is 6.42 Å². The van der Waals surface area contributed by atoms with Crippen LogP contribution in [0.15, 0.2) is 22.8 Å². The maximum atomic E-state index is 13.3. The van der Waals surface area contributed by atoms with E-state index in [4.69, 9.17) is 9.15 Å². The third kappa shape index (κ3) is 3.61. The van der Waals surface area contributed by atoms with Crippen molar-refractivity contribution < 1.29 is 23.5 Å². The zero-order valence-corrected chi connectivity index (χ0v) is 16.7. The number of methoxy groups -OCH3 is 1. The highest BCUT2D eigenvalue weighted by molar-refractivity contribution is 6.06. The van der Waals surface area contributed by atoms with Gasteiger partial charge in [-0.2, -0.15) is 0 Å². The van der Waals surface area contributed by atoms with E-state index in [-0.39, 0.29) is 29.8 Å². The lowest BCUT2D eigenvalue weighted by Crippen LogP contribution is -2.47. The van der Waals surface area contributed by atoms with Crippen LogP contribution >= 0.6 is 0 Å². The van der Waals surface area contributed by atoms with Crippen LogP contribution in [-0.4, -0.2) is 40.7 Å². The minimum atomic E-state index is -0.683. The highest BCUT2D eigenvalue weighted by Gasteiger charge is 2.36. The number of amides is 1. The Morgan fingerprint density at radius 2 is 2.04 bits per heavy atom. The van der Waals surface area contributed by atoms with Crippen molar-refractivity contribution in [2.45, 2.75) is 52.6 Å². The first-order chi connectivity index (χ1) is 13.3. The molecule has 28 heavy (non-hydrogen) atoms. The fourth-order valence-corrected chi connectivity index (χ4v) is 3.64. The van der Waals surface area contributed by atoms with Gasteiger partial charge in [-0.15, -0.1) is 0 Å². The minimum absolute atomic E-state index is 0.0254. The molecule has 7 heteroatoms. The van der Waals surface area contributed by atoms with Crippen LogP contribution in [0.25, 0.3) is 0 Å². The van der Waals surface area contributed by atoms with Crippen LogP contribution < -0.4 is 0 Å². The molecule has 0 aromatic carbocycles. The van der Waals surface area contributed by atoms with E-state index >= 15 is 0 Å². The molecule has 1 fully saturated rings. The van der Waals surface area contributed by atoms with Crippen LogP contribution in [0.1, 0.15) is 64.1 Å². The predicted octanol–water partition coefficient (Wildman–Crippen LogP) is 3.41. The number of aromatic amines is 1. The Labute approximate surface area is 164 Å². The van der Waals surface area contributed by atoms with Gasteiger partial charge in [0.25, 0.3) is 0 Å². The van der Waals surface area contributed by atoms with Crippen LogP contribution in [0.5, 0.6) is 0 Å². The number of hydrogen-bond donors (Lipinski definition) is 1. The highest BCUT2D eigenvalue weighted by atomic mass is 16.5. The second-order valence-corrected chi connectivity index (χ2v) is 7.33. The average molecular weight is 386 g/mol. The van der Waals surface area contributed by atoms with Crippen molar-refractivity contribution in [3.8, 4) is 0 Å². The normalized spacial score (nSPS) is 15.0. The first-order valence-corrected chi connectivity index (χ1v) is 9.49. The number of nitrogens with one attached hydrogen (secondary N) is 1. The van der Waals surface area contributed by atoms with Crippen LogP contribution in [-0.2, 0) is 16.1 Å². The first kappa shape index (κ1) is 19.9. The molecule has 0 aliphatic heterocycles. The largest absolute Gasteiger partial charge is 0.467 e. The topological polar surface area (TPSA) is 92.6 Å². The number of aryl methyl sites for hydroxylation is 1. The number of ether oxygens (including phenoxy) is 1. The Kier molecular flexibility index (Phi) is 5.72. The molecule has 1 aliphatic carbocycles. The smallest absolute Gasteiger partial charge is 0.354 e. The number of H-pyrrole nitrogens is 1. The molecule has 1 atom stereocenters. The lowest BCUT2D eigenvalue weighted by molar-refractivity contribution is -0.140. The molecule has 3 rings (SSSR count). The van der Waals surface area contributed by atoms with Crippen molar-refractivity contribution in [2.24, 2.45) is 5.92 Å².